The molecule has 0 saturated heterocycles. The molecule has 0 spiro atoms. The summed E-state index contributed by atoms with van der Waals surface area (Å²) in [5.41, 5.74) is 1.14. The van der Waals surface area contributed by atoms with Crippen molar-refractivity contribution >= 4 is 5.91 Å². The van der Waals surface area contributed by atoms with Crippen LogP contribution in [0.4, 0.5) is 0 Å². The largest absolute Gasteiger partial charge is 0.508 e. The zero-order valence-corrected chi connectivity index (χ0v) is 15.4. The zero-order chi connectivity index (χ0) is 19.7. The molecule has 0 bridgehead atoms. The third-order valence-electron chi connectivity index (χ3n) is 4.10. The Kier molecular flexibility index (Phi) is 4.80. The summed E-state index contributed by atoms with van der Waals surface area (Å²) >= 11 is 0. The van der Waals surface area contributed by atoms with Crippen LogP contribution >= 0.6 is 0 Å². The van der Waals surface area contributed by atoms with E-state index in [1.807, 2.05) is 13.8 Å². The van der Waals surface area contributed by atoms with Crippen LogP contribution in [0.5, 0.6) is 11.5 Å². The normalized spacial score (nSPS) is 11.1. The van der Waals surface area contributed by atoms with Gasteiger partial charge in [-0.1, -0.05) is 19.0 Å². The van der Waals surface area contributed by atoms with E-state index in [0.29, 0.717) is 12.1 Å². The van der Waals surface area contributed by atoms with Gasteiger partial charge in [-0.3, -0.25) is 4.79 Å². The molecule has 0 aliphatic carbocycles. The Balaban J connectivity index is 2.28. The number of aromatic nitrogens is 5. The van der Waals surface area contributed by atoms with E-state index in [4.69, 9.17) is 4.52 Å². The van der Waals surface area contributed by atoms with Gasteiger partial charge in [-0.15, -0.1) is 5.10 Å². The summed E-state index contributed by atoms with van der Waals surface area (Å²) in [7, 11) is 1.61. The van der Waals surface area contributed by atoms with Crippen LogP contribution in [0.15, 0.2) is 16.7 Å². The number of hydrogen-bond acceptors (Lipinski definition) is 8. The molecule has 2 heterocycles. The maximum Gasteiger partial charge on any atom is 0.274 e. The molecule has 0 aliphatic rings. The van der Waals surface area contributed by atoms with Gasteiger partial charge in [0.15, 0.2) is 17.3 Å². The molecule has 0 saturated carbocycles. The van der Waals surface area contributed by atoms with Gasteiger partial charge in [0.2, 0.25) is 0 Å². The standard InChI is InChI=1S/C17H20N6O4/c1-5-18-17(26)14-13(16-19-21-22-23(16)4)15(27-20-14)10-6-9(8(2)3)11(24)7-12(10)25/h6-8,24-25H,5H2,1-4H3,(H,18,26). The maximum absolute atomic E-state index is 12.4. The Labute approximate surface area is 154 Å². The number of rotatable bonds is 5. The van der Waals surface area contributed by atoms with Crippen LogP contribution in [0.1, 0.15) is 42.7 Å². The predicted molar refractivity (Wildman–Crippen MR) is 95.2 cm³/mol. The summed E-state index contributed by atoms with van der Waals surface area (Å²) in [5.74, 6) is -0.314. The number of hydrogen-bond donors (Lipinski definition) is 3. The number of carbonyl (C=O) groups excluding carboxylic acids is 1. The fraction of sp³-hybridized carbons (Fsp3) is 0.353. The molecule has 0 unspecified atom stereocenters. The number of phenolic OH excluding ortho intramolecular Hbond substituents is 2. The Bertz CT molecular complexity index is 991. The fourth-order valence-electron chi connectivity index (χ4n) is 2.76. The number of phenols is 2. The van der Waals surface area contributed by atoms with Gasteiger partial charge in [0, 0.05) is 19.7 Å². The molecule has 1 amide bonds. The number of aromatic hydroxyl groups is 2. The van der Waals surface area contributed by atoms with Crippen LogP contribution in [0.3, 0.4) is 0 Å². The summed E-state index contributed by atoms with van der Waals surface area (Å²) in [5, 5.41) is 38.3. The molecular weight excluding hydrogens is 352 g/mol. The van der Waals surface area contributed by atoms with Crippen molar-refractivity contribution in [1.29, 1.82) is 0 Å². The number of aryl methyl sites for hydroxylation is 1. The summed E-state index contributed by atoms with van der Waals surface area (Å²) in [6.07, 6.45) is 0. The summed E-state index contributed by atoms with van der Waals surface area (Å²) in [4.78, 5) is 12.4. The summed E-state index contributed by atoms with van der Waals surface area (Å²) < 4.78 is 6.80. The molecule has 27 heavy (non-hydrogen) atoms. The fourth-order valence-corrected chi connectivity index (χ4v) is 2.76. The van der Waals surface area contributed by atoms with E-state index in [1.165, 1.54) is 10.7 Å². The first-order valence-corrected chi connectivity index (χ1v) is 8.41. The van der Waals surface area contributed by atoms with Gasteiger partial charge in [-0.25, -0.2) is 4.68 Å². The van der Waals surface area contributed by atoms with Gasteiger partial charge < -0.3 is 20.1 Å². The second kappa shape index (κ2) is 7.06. The lowest BCUT2D eigenvalue weighted by atomic mass is 9.96. The Morgan fingerprint density at radius 2 is 2.04 bits per heavy atom. The SMILES string of the molecule is CCNC(=O)c1noc(-c2cc(C(C)C)c(O)cc2O)c1-c1nnnn1C. The van der Waals surface area contributed by atoms with Gasteiger partial charge in [-0.2, -0.15) is 0 Å². The molecule has 3 rings (SSSR count). The first kappa shape index (κ1) is 18.4. The topological polar surface area (TPSA) is 139 Å². The zero-order valence-electron chi connectivity index (χ0n) is 15.4. The highest BCUT2D eigenvalue weighted by Gasteiger charge is 2.29. The average Bonchev–Trinajstić information content (AvgIpc) is 3.20. The molecule has 3 aromatic rings. The minimum atomic E-state index is -0.451. The number of carbonyl (C=O) groups is 1. The van der Waals surface area contributed by atoms with E-state index in [9.17, 15) is 15.0 Å². The van der Waals surface area contributed by atoms with Crippen molar-refractivity contribution in [2.75, 3.05) is 6.54 Å². The van der Waals surface area contributed by atoms with Crippen LogP contribution in [-0.4, -0.2) is 48.0 Å². The van der Waals surface area contributed by atoms with Crippen LogP contribution in [0.25, 0.3) is 22.7 Å². The van der Waals surface area contributed by atoms with Crippen LogP contribution in [0.2, 0.25) is 0 Å². The van der Waals surface area contributed by atoms with E-state index < -0.39 is 5.91 Å². The molecule has 0 atom stereocenters. The molecule has 1 aromatic carbocycles. The molecule has 10 nitrogen and oxygen atoms in total. The first-order valence-electron chi connectivity index (χ1n) is 8.41. The third kappa shape index (κ3) is 3.21. The minimum absolute atomic E-state index is 0.00308. The average molecular weight is 372 g/mol. The molecule has 142 valence electrons. The molecular formula is C17H20N6O4. The molecule has 0 aliphatic heterocycles. The van der Waals surface area contributed by atoms with Crippen molar-refractivity contribution in [3.05, 3.63) is 23.4 Å². The van der Waals surface area contributed by atoms with E-state index in [2.05, 4.69) is 26.0 Å². The summed E-state index contributed by atoms with van der Waals surface area (Å²) in [6, 6.07) is 2.84. The van der Waals surface area contributed by atoms with Crippen LogP contribution < -0.4 is 5.32 Å². The molecule has 0 radical (unpaired) electrons. The number of nitrogens with one attached hydrogen (secondary N) is 1. The van der Waals surface area contributed by atoms with Crippen molar-refractivity contribution in [3.8, 4) is 34.2 Å². The van der Waals surface area contributed by atoms with Crippen molar-refractivity contribution in [3.63, 3.8) is 0 Å². The quantitative estimate of drug-likeness (QED) is 0.616. The third-order valence-corrected chi connectivity index (χ3v) is 4.10. The number of amides is 1. The smallest absolute Gasteiger partial charge is 0.274 e. The second-order valence-corrected chi connectivity index (χ2v) is 6.30. The van der Waals surface area contributed by atoms with Crippen molar-refractivity contribution in [2.24, 2.45) is 7.05 Å². The van der Waals surface area contributed by atoms with Gasteiger partial charge in [0.25, 0.3) is 5.91 Å². The highest BCUT2D eigenvalue weighted by atomic mass is 16.5. The van der Waals surface area contributed by atoms with E-state index in [-0.39, 0.29) is 45.8 Å². The number of tetrazole rings is 1. The first-order chi connectivity index (χ1) is 12.8. The lowest BCUT2D eigenvalue weighted by molar-refractivity contribution is 0.0947. The van der Waals surface area contributed by atoms with Crippen molar-refractivity contribution in [1.82, 2.24) is 30.7 Å². The molecule has 0 fully saturated rings. The maximum atomic E-state index is 12.4. The Morgan fingerprint density at radius 3 is 2.63 bits per heavy atom. The minimum Gasteiger partial charge on any atom is -0.508 e. The molecule has 10 heteroatoms. The van der Waals surface area contributed by atoms with Crippen LogP contribution in [0, 0.1) is 0 Å². The van der Waals surface area contributed by atoms with E-state index in [0.717, 1.165) is 0 Å². The van der Waals surface area contributed by atoms with Gasteiger partial charge in [0.05, 0.1) is 5.56 Å². The highest BCUT2D eigenvalue weighted by Crippen LogP contribution is 2.42. The lowest BCUT2D eigenvalue weighted by Crippen LogP contribution is -2.23. The Hall–Kier alpha value is -3.43. The molecule has 2 aromatic heterocycles. The summed E-state index contributed by atoms with van der Waals surface area (Å²) in [6.45, 7) is 6.00. The number of benzene rings is 1. The van der Waals surface area contributed by atoms with Gasteiger partial charge in [0.1, 0.15) is 17.1 Å². The van der Waals surface area contributed by atoms with Gasteiger partial charge >= 0.3 is 0 Å². The lowest BCUT2D eigenvalue weighted by Gasteiger charge is -2.12. The highest BCUT2D eigenvalue weighted by molar-refractivity contribution is 6.01. The molecule has 3 N–H and O–H groups in total. The predicted octanol–water partition coefficient (Wildman–Crippen LogP) is 1.82. The van der Waals surface area contributed by atoms with E-state index >= 15 is 0 Å². The second-order valence-electron chi connectivity index (χ2n) is 6.30. The monoisotopic (exact) mass is 372 g/mol. The van der Waals surface area contributed by atoms with Crippen LogP contribution in [-0.2, 0) is 7.05 Å². The Morgan fingerprint density at radius 1 is 1.30 bits per heavy atom. The van der Waals surface area contributed by atoms with E-state index in [1.54, 1.807) is 20.0 Å². The van der Waals surface area contributed by atoms with Crippen molar-refractivity contribution in [2.45, 2.75) is 26.7 Å². The number of nitrogens with zero attached hydrogens (tertiary/aromatic N) is 5. The van der Waals surface area contributed by atoms with Gasteiger partial charge in [-0.05, 0) is 34.9 Å². The van der Waals surface area contributed by atoms with Crippen molar-refractivity contribution < 1.29 is 19.5 Å².